The molecule has 0 unspecified atom stereocenters. The van der Waals surface area contributed by atoms with Gasteiger partial charge in [0.15, 0.2) is 0 Å². The van der Waals surface area contributed by atoms with Crippen molar-refractivity contribution in [3.8, 4) is 0 Å². The van der Waals surface area contributed by atoms with Crippen molar-refractivity contribution in [3.05, 3.63) is 64.2 Å². The molecule has 140 valence electrons. The average molecular weight is 373 g/mol. The second-order valence-electron chi connectivity index (χ2n) is 7.37. The molecule has 0 atom stereocenters. The molecule has 4 nitrogen and oxygen atoms in total. The van der Waals surface area contributed by atoms with Gasteiger partial charge in [-0.2, -0.15) is 0 Å². The third-order valence-corrected chi connectivity index (χ3v) is 4.97. The lowest BCUT2D eigenvalue weighted by atomic mass is 10.1. The topological polar surface area (TPSA) is 46.4 Å². The fourth-order valence-corrected chi connectivity index (χ4v) is 3.79. The zero-order valence-electron chi connectivity index (χ0n) is 16.0. The summed E-state index contributed by atoms with van der Waals surface area (Å²) in [4.78, 5) is 14.5. The molecule has 0 radical (unpaired) electrons. The van der Waals surface area contributed by atoms with Crippen molar-refractivity contribution in [1.82, 2.24) is 0 Å². The van der Waals surface area contributed by atoms with Crippen LogP contribution in [0.3, 0.4) is 0 Å². The molecule has 0 spiro atoms. The standard InChI is InChI=1S/C21H28N2O2S/c1-16(2)13-22(14-17(3)4)20-11-10-19(12-21(20)23(24)25)26-15-18-8-6-5-7-9-18/h5-12,16-17H,13-15H2,1-4H3. The zero-order chi connectivity index (χ0) is 19.1. The summed E-state index contributed by atoms with van der Waals surface area (Å²) in [6.45, 7) is 10.2. The van der Waals surface area contributed by atoms with Gasteiger partial charge in [0.05, 0.1) is 4.92 Å². The Morgan fingerprint density at radius 1 is 1.00 bits per heavy atom. The van der Waals surface area contributed by atoms with E-state index in [4.69, 9.17) is 0 Å². The molecule has 5 heteroatoms. The third kappa shape index (κ3) is 6.06. The largest absolute Gasteiger partial charge is 0.365 e. The first kappa shape index (κ1) is 20.3. The van der Waals surface area contributed by atoms with Crippen LogP contribution in [0.2, 0.25) is 0 Å². The van der Waals surface area contributed by atoms with Crippen LogP contribution in [0.1, 0.15) is 33.3 Å². The Bertz CT molecular complexity index is 707. The highest BCUT2D eigenvalue weighted by atomic mass is 32.2. The highest BCUT2D eigenvalue weighted by Crippen LogP contribution is 2.34. The molecule has 0 N–H and O–H groups in total. The van der Waals surface area contributed by atoms with Crippen LogP contribution >= 0.6 is 11.8 Å². The van der Waals surface area contributed by atoms with Crippen molar-refractivity contribution >= 4 is 23.1 Å². The minimum atomic E-state index is -0.254. The van der Waals surface area contributed by atoms with Crippen molar-refractivity contribution in [2.45, 2.75) is 38.3 Å². The van der Waals surface area contributed by atoms with Gasteiger partial charge >= 0.3 is 0 Å². The lowest BCUT2D eigenvalue weighted by Gasteiger charge is -2.28. The Hall–Kier alpha value is -2.01. The van der Waals surface area contributed by atoms with Crippen molar-refractivity contribution < 1.29 is 4.92 Å². The van der Waals surface area contributed by atoms with Gasteiger partial charge < -0.3 is 4.90 Å². The van der Waals surface area contributed by atoms with Crippen molar-refractivity contribution in [1.29, 1.82) is 0 Å². The number of benzene rings is 2. The molecule has 0 fully saturated rings. The molecule has 2 rings (SSSR count). The first-order valence-electron chi connectivity index (χ1n) is 9.07. The zero-order valence-corrected chi connectivity index (χ0v) is 16.8. The van der Waals surface area contributed by atoms with E-state index in [2.05, 4.69) is 44.7 Å². The molecule has 0 aliphatic heterocycles. The van der Waals surface area contributed by atoms with Gasteiger partial charge in [-0.3, -0.25) is 10.1 Å². The van der Waals surface area contributed by atoms with E-state index in [-0.39, 0.29) is 10.6 Å². The summed E-state index contributed by atoms with van der Waals surface area (Å²) in [5, 5.41) is 11.7. The summed E-state index contributed by atoms with van der Waals surface area (Å²) in [6, 6.07) is 15.8. The second-order valence-corrected chi connectivity index (χ2v) is 8.42. The molecule has 2 aromatic carbocycles. The molecule has 0 saturated carbocycles. The number of hydrogen-bond acceptors (Lipinski definition) is 4. The van der Waals surface area contributed by atoms with Crippen LogP contribution in [0.5, 0.6) is 0 Å². The highest BCUT2D eigenvalue weighted by Gasteiger charge is 2.21. The van der Waals surface area contributed by atoms with Crippen LogP contribution in [0.4, 0.5) is 11.4 Å². The van der Waals surface area contributed by atoms with Crippen LogP contribution < -0.4 is 4.90 Å². The Labute approximate surface area is 160 Å². The van der Waals surface area contributed by atoms with Crippen molar-refractivity contribution in [2.24, 2.45) is 11.8 Å². The van der Waals surface area contributed by atoms with Gasteiger partial charge in [0, 0.05) is 29.8 Å². The van der Waals surface area contributed by atoms with Crippen LogP contribution in [-0.4, -0.2) is 18.0 Å². The van der Waals surface area contributed by atoms with Crippen LogP contribution in [0.25, 0.3) is 0 Å². The fourth-order valence-electron chi connectivity index (χ4n) is 2.90. The number of nitrogens with zero attached hydrogens (tertiary/aromatic N) is 2. The summed E-state index contributed by atoms with van der Waals surface area (Å²) < 4.78 is 0. The molecule has 0 aliphatic carbocycles. The van der Waals surface area contributed by atoms with E-state index in [1.54, 1.807) is 17.8 Å². The highest BCUT2D eigenvalue weighted by molar-refractivity contribution is 7.98. The Morgan fingerprint density at radius 2 is 1.62 bits per heavy atom. The predicted octanol–water partition coefficient (Wildman–Crippen LogP) is 6.01. The van der Waals surface area contributed by atoms with Gasteiger partial charge in [-0.1, -0.05) is 58.0 Å². The SMILES string of the molecule is CC(C)CN(CC(C)C)c1ccc(SCc2ccccc2)cc1[N+](=O)[O-]. The minimum absolute atomic E-state index is 0.198. The van der Waals surface area contributed by atoms with Crippen molar-refractivity contribution in [2.75, 3.05) is 18.0 Å². The first-order valence-corrected chi connectivity index (χ1v) is 10.1. The maximum atomic E-state index is 11.7. The molecular weight excluding hydrogens is 344 g/mol. The number of hydrogen-bond donors (Lipinski definition) is 0. The van der Waals surface area contributed by atoms with Gasteiger partial charge in [-0.15, -0.1) is 11.8 Å². The predicted molar refractivity (Wildman–Crippen MR) is 111 cm³/mol. The summed E-state index contributed by atoms with van der Waals surface area (Å²) >= 11 is 1.63. The molecule has 0 bridgehead atoms. The van der Waals surface area contributed by atoms with Crippen molar-refractivity contribution in [3.63, 3.8) is 0 Å². The smallest absolute Gasteiger partial charge is 0.293 e. The quantitative estimate of drug-likeness (QED) is 0.307. The average Bonchev–Trinajstić information content (AvgIpc) is 2.59. The molecule has 0 amide bonds. The van der Waals surface area contributed by atoms with E-state index < -0.39 is 0 Å². The van der Waals surface area contributed by atoms with Gasteiger partial charge in [0.2, 0.25) is 0 Å². The Kier molecular flexibility index (Phi) is 7.51. The van der Waals surface area contributed by atoms with Gasteiger partial charge in [0.1, 0.15) is 5.69 Å². The third-order valence-electron chi connectivity index (χ3n) is 3.90. The monoisotopic (exact) mass is 372 g/mol. The van der Waals surface area contributed by atoms with Gasteiger partial charge in [-0.05, 0) is 29.5 Å². The maximum absolute atomic E-state index is 11.7. The summed E-state index contributed by atoms with van der Waals surface area (Å²) in [7, 11) is 0. The molecule has 2 aromatic rings. The van der Waals surface area contributed by atoms with E-state index in [1.807, 2.05) is 30.3 Å². The molecule has 0 aliphatic rings. The minimum Gasteiger partial charge on any atom is -0.365 e. The molecule has 0 aromatic heterocycles. The number of rotatable bonds is 9. The summed E-state index contributed by atoms with van der Waals surface area (Å²) in [5.74, 6) is 1.69. The second kappa shape index (κ2) is 9.62. The Morgan fingerprint density at radius 3 is 2.15 bits per heavy atom. The number of nitro benzene ring substituents is 1. The van der Waals surface area contributed by atoms with Gasteiger partial charge in [-0.25, -0.2) is 0 Å². The fraction of sp³-hybridized carbons (Fsp3) is 0.429. The van der Waals surface area contributed by atoms with Crippen LogP contribution in [0, 0.1) is 22.0 Å². The number of nitro groups is 1. The van der Waals surface area contributed by atoms with Crippen LogP contribution in [0.15, 0.2) is 53.4 Å². The lowest BCUT2D eigenvalue weighted by Crippen LogP contribution is -2.31. The number of anilines is 1. The normalized spacial score (nSPS) is 11.2. The van der Waals surface area contributed by atoms with Gasteiger partial charge in [0.25, 0.3) is 5.69 Å². The van der Waals surface area contributed by atoms with E-state index in [1.165, 1.54) is 5.56 Å². The van der Waals surface area contributed by atoms with E-state index in [0.29, 0.717) is 11.8 Å². The van der Waals surface area contributed by atoms with E-state index >= 15 is 0 Å². The molecule has 26 heavy (non-hydrogen) atoms. The first-order chi connectivity index (χ1) is 12.4. The Balaban J connectivity index is 2.24. The van der Waals surface area contributed by atoms with E-state index in [9.17, 15) is 10.1 Å². The molecule has 0 saturated heterocycles. The van der Waals surface area contributed by atoms with Crippen LogP contribution in [-0.2, 0) is 5.75 Å². The summed E-state index contributed by atoms with van der Waals surface area (Å²) in [5.41, 5.74) is 2.14. The van der Waals surface area contributed by atoms with E-state index in [0.717, 1.165) is 29.4 Å². The maximum Gasteiger partial charge on any atom is 0.293 e. The number of thioether (sulfide) groups is 1. The molecular formula is C21H28N2O2S. The summed E-state index contributed by atoms with van der Waals surface area (Å²) in [6.07, 6.45) is 0. The lowest BCUT2D eigenvalue weighted by molar-refractivity contribution is -0.384. The molecule has 0 heterocycles.